The number of aryl methyl sites for hydroxylation is 1. The smallest absolute Gasteiger partial charge is 0.275 e. The summed E-state index contributed by atoms with van der Waals surface area (Å²) in [5, 5.41) is 4.95. The number of thiazole rings is 1. The molecule has 5 nitrogen and oxygen atoms in total. The molecule has 27 heavy (non-hydrogen) atoms. The van der Waals surface area contributed by atoms with Crippen LogP contribution in [-0.4, -0.2) is 20.4 Å². The molecule has 0 radical (unpaired) electrons. The van der Waals surface area contributed by atoms with Crippen LogP contribution in [0.4, 0.5) is 0 Å². The Morgan fingerprint density at radius 2 is 1.85 bits per heavy atom. The first-order chi connectivity index (χ1) is 13.0. The van der Waals surface area contributed by atoms with Crippen molar-refractivity contribution in [1.29, 1.82) is 0 Å². The molecular formula is C19H13ClN4OS2. The molecule has 2 aromatic carbocycles. The van der Waals surface area contributed by atoms with Gasteiger partial charge in [-0.15, -0.1) is 0 Å². The molecule has 0 aliphatic carbocycles. The number of hydrogen-bond donors (Lipinski definition) is 0. The number of rotatable bonds is 3. The molecular weight excluding hydrogens is 400 g/mol. The van der Waals surface area contributed by atoms with Crippen molar-refractivity contribution in [2.75, 3.05) is 0 Å². The van der Waals surface area contributed by atoms with E-state index in [-0.39, 0.29) is 5.56 Å². The van der Waals surface area contributed by atoms with Gasteiger partial charge in [-0.2, -0.15) is 9.78 Å². The highest BCUT2D eigenvalue weighted by molar-refractivity contribution is 7.73. The molecule has 0 aliphatic rings. The van der Waals surface area contributed by atoms with Crippen LogP contribution in [0.3, 0.4) is 0 Å². The van der Waals surface area contributed by atoms with Gasteiger partial charge >= 0.3 is 0 Å². The van der Waals surface area contributed by atoms with Crippen molar-refractivity contribution >= 4 is 51.7 Å². The molecule has 0 spiro atoms. The van der Waals surface area contributed by atoms with E-state index < -0.39 is 0 Å². The van der Waals surface area contributed by atoms with Gasteiger partial charge in [-0.25, -0.2) is 4.98 Å². The molecule has 0 amide bonds. The summed E-state index contributed by atoms with van der Waals surface area (Å²) in [6, 6.07) is 16.8. The second kappa shape index (κ2) is 7.19. The zero-order chi connectivity index (χ0) is 19.0. The third-order valence-corrected chi connectivity index (χ3v) is 5.56. The van der Waals surface area contributed by atoms with E-state index in [1.807, 2.05) is 47.0 Å². The van der Waals surface area contributed by atoms with Crippen LogP contribution in [0.5, 0.6) is 0 Å². The highest BCUT2D eigenvalue weighted by atomic mass is 35.5. The third-order valence-electron chi connectivity index (χ3n) is 3.95. The Hall–Kier alpha value is -2.61. The molecule has 0 unspecified atom stereocenters. The average molecular weight is 413 g/mol. The molecule has 2 aromatic heterocycles. The maximum Gasteiger partial charge on any atom is 0.293 e. The summed E-state index contributed by atoms with van der Waals surface area (Å²) in [7, 11) is 0. The summed E-state index contributed by atoms with van der Waals surface area (Å²) >= 11 is 12.6. The Bertz CT molecular complexity index is 1270. The summed E-state index contributed by atoms with van der Waals surface area (Å²) < 4.78 is 4.15. The summed E-state index contributed by atoms with van der Waals surface area (Å²) in [4.78, 5) is 17.6. The SMILES string of the molecule is Cc1nc2c(sc(=S)n2-c2ccccc2)c(=O)n1N=Cc1ccc(Cl)cc1. The van der Waals surface area contributed by atoms with E-state index in [1.165, 1.54) is 16.0 Å². The lowest BCUT2D eigenvalue weighted by molar-refractivity contribution is 0.768. The second-order valence-electron chi connectivity index (χ2n) is 5.76. The van der Waals surface area contributed by atoms with Gasteiger partial charge in [-0.1, -0.05) is 53.3 Å². The minimum absolute atomic E-state index is 0.242. The van der Waals surface area contributed by atoms with Gasteiger partial charge in [0.05, 0.1) is 6.21 Å². The lowest BCUT2D eigenvalue weighted by Crippen LogP contribution is -2.20. The van der Waals surface area contributed by atoms with E-state index in [0.29, 0.717) is 25.1 Å². The minimum Gasteiger partial charge on any atom is -0.275 e. The first-order valence-corrected chi connectivity index (χ1v) is 9.65. The monoisotopic (exact) mass is 412 g/mol. The van der Waals surface area contributed by atoms with Crippen molar-refractivity contribution in [2.45, 2.75) is 6.92 Å². The van der Waals surface area contributed by atoms with E-state index in [9.17, 15) is 4.79 Å². The molecule has 4 aromatic rings. The zero-order valence-electron chi connectivity index (χ0n) is 14.2. The molecule has 0 atom stereocenters. The van der Waals surface area contributed by atoms with Crippen molar-refractivity contribution in [3.63, 3.8) is 0 Å². The zero-order valence-corrected chi connectivity index (χ0v) is 16.6. The summed E-state index contributed by atoms with van der Waals surface area (Å²) in [6.07, 6.45) is 1.60. The Morgan fingerprint density at radius 1 is 1.15 bits per heavy atom. The van der Waals surface area contributed by atoms with E-state index in [2.05, 4.69) is 10.1 Å². The Labute approximate surface area is 168 Å². The predicted molar refractivity (Wildman–Crippen MR) is 113 cm³/mol. The van der Waals surface area contributed by atoms with Crippen molar-refractivity contribution in [3.8, 4) is 5.69 Å². The number of benzene rings is 2. The van der Waals surface area contributed by atoms with Gasteiger partial charge in [0.15, 0.2) is 9.60 Å². The van der Waals surface area contributed by atoms with Crippen molar-refractivity contribution in [1.82, 2.24) is 14.2 Å². The van der Waals surface area contributed by atoms with Crippen LogP contribution in [0.15, 0.2) is 64.5 Å². The van der Waals surface area contributed by atoms with E-state index in [0.717, 1.165) is 11.3 Å². The normalized spacial score (nSPS) is 11.5. The molecule has 2 heterocycles. The molecule has 0 N–H and O–H groups in total. The minimum atomic E-state index is -0.242. The van der Waals surface area contributed by atoms with Crippen LogP contribution in [0.25, 0.3) is 16.0 Å². The number of halogens is 1. The number of nitrogens with zero attached hydrogens (tertiary/aromatic N) is 4. The van der Waals surface area contributed by atoms with Gasteiger partial charge in [0.2, 0.25) is 0 Å². The fourth-order valence-corrected chi connectivity index (χ4v) is 4.09. The highest BCUT2D eigenvalue weighted by Gasteiger charge is 2.15. The summed E-state index contributed by atoms with van der Waals surface area (Å²) in [5.41, 5.74) is 2.02. The first kappa shape index (κ1) is 17.8. The Morgan fingerprint density at radius 3 is 2.56 bits per heavy atom. The third kappa shape index (κ3) is 3.37. The second-order valence-corrected chi connectivity index (χ2v) is 7.84. The van der Waals surface area contributed by atoms with E-state index >= 15 is 0 Å². The topological polar surface area (TPSA) is 52.2 Å². The number of para-hydroxylation sites is 1. The van der Waals surface area contributed by atoms with Crippen LogP contribution in [0, 0.1) is 10.9 Å². The first-order valence-electron chi connectivity index (χ1n) is 8.05. The Balaban J connectivity index is 1.86. The highest BCUT2D eigenvalue weighted by Crippen LogP contribution is 2.23. The van der Waals surface area contributed by atoms with Crippen LogP contribution in [0.2, 0.25) is 5.02 Å². The molecule has 8 heteroatoms. The molecule has 0 fully saturated rings. The lowest BCUT2D eigenvalue weighted by Gasteiger charge is -2.06. The molecule has 134 valence electrons. The van der Waals surface area contributed by atoms with Gasteiger partial charge < -0.3 is 0 Å². The number of hydrogen-bond acceptors (Lipinski definition) is 5. The standard InChI is InChI=1S/C19H13ClN4OS2/c1-12-22-17-16(27-19(26)23(17)15-5-3-2-4-6-15)18(25)24(12)21-11-13-7-9-14(20)10-8-13/h2-11H,1H3. The van der Waals surface area contributed by atoms with Gasteiger partial charge in [-0.3, -0.25) is 9.36 Å². The van der Waals surface area contributed by atoms with Crippen LogP contribution < -0.4 is 5.56 Å². The quantitative estimate of drug-likeness (QED) is 0.358. The fraction of sp³-hybridized carbons (Fsp3) is 0.0526. The predicted octanol–water partition coefficient (Wildman–Crippen LogP) is 4.82. The van der Waals surface area contributed by atoms with Crippen molar-refractivity contribution < 1.29 is 0 Å². The lowest BCUT2D eigenvalue weighted by atomic mass is 10.2. The van der Waals surface area contributed by atoms with Crippen LogP contribution in [-0.2, 0) is 0 Å². The fourth-order valence-electron chi connectivity index (χ4n) is 2.66. The van der Waals surface area contributed by atoms with Crippen LogP contribution in [0.1, 0.15) is 11.4 Å². The van der Waals surface area contributed by atoms with Gasteiger partial charge in [0, 0.05) is 10.7 Å². The molecule has 0 aliphatic heterocycles. The Kier molecular flexibility index (Phi) is 4.73. The maximum atomic E-state index is 13.0. The van der Waals surface area contributed by atoms with E-state index in [4.69, 9.17) is 23.8 Å². The largest absolute Gasteiger partial charge is 0.293 e. The molecule has 4 rings (SSSR count). The number of aromatic nitrogens is 3. The van der Waals surface area contributed by atoms with Crippen LogP contribution >= 0.6 is 35.2 Å². The van der Waals surface area contributed by atoms with Gasteiger partial charge in [-0.05, 0) is 49.0 Å². The molecule has 0 bridgehead atoms. The van der Waals surface area contributed by atoms with Crippen molar-refractivity contribution in [2.24, 2.45) is 5.10 Å². The summed E-state index contributed by atoms with van der Waals surface area (Å²) in [5.74, 6) is 0.482. The molecule has 0 saturated heterocycles. The van der Waals surface area contributed by atoms with E-state index in [1.54, 1.807) is 25.3 Å². The summed E-state index contributed by atoms with van der Waals surface area (Å²) in [6.45, 7) is 1.75. The van der Waals surface area contributed by atoms with Gasteiger partial charge in [0.1, 0.15) is 10.5 Å². The average Bonchev–Trinajstić information content (AvgIpc) is 3.00. The molecule has 0 saturated carbocycles. The maximum absolute atomic E-state index is 13.0. The number of fused-ring (bicyclic) bond motifs is 1. The van der Waals surface area contributed by atoms with Crippen molar-refractivity contribution in [3.05, 3.63) is 85.3 Å². The van der Waals surface area contributed by atoms with Gasteiger partial charge in [0.25, 0.3) is 5.56 Å².